The summed E-state index contributed by atoms with van der Waals surface area (Å²) in [4.78, 5) is 0. The standard InChI is InChI=1S/C12H19NO/c1-10(2)11(3)5-7-12(4,8-6-11)14-9-13/h5,7,10H,6,8H2,1-4H3. The second-order valence-corrected chi connectivity index (χ2v) is 5.00. The molecule has 0 aliphatic heterocycles. The zero-order valence-electron chi connectivity index (χ0n) is 9.50. The Bertz CT molecular complexity index is 277. The highest BCUT2D eigenvalue weighted by atomic mass is 16.5. The monoisotopic (exact) mass is 193 g/mol. The molecule has 0 saturated heterocycles. The van der Waals surface area contributed by atoms with Crippen LogP contribution in [0, 0.1) is 22.9 Å². The van der Waals surface area contributed by atoms with E-state index in [0.29, 0.717) is 5.92 Å². The van der Waals surface area contributed by atoms with Crippen molar-refractivity contribution in [3.63, 3.8) is 0 Å². The average Bonchev–Trinajstić information content (AvgIpc) is 2.11. The fourth-order valence-electron chi connectivity index (χ4n) is 1.72. The molecule has 0 N–H and O–H groups in total. The quantitative estimate of drug-likeness (QED) is 0.498. The maximum atomic E-state index is 8.52. The van der Waals surface area contributed by atoms with E-state index in [1.54, 1.807) is 6.26 Å². The maximum Gasteiger partial charge on any atom is 0.287 e. The number of hydrogen-bond acceptors (Lipinski definition) is 2. The Morgan fingerprint density at radius 1 is 1.29 bits per heavy atom. The van der Waals surface area contributed by atoms with Crippen LogP contribution in [0.25, 0.3) is 0 Å². The summed E-state index contributed by atoms with van der Waals surface area (Å²) in [5.41, 5.74) is -0.110. The van der Waals surface area contributed by atoms with Gasteiger partial charge < -0.3 is 4.74 Å². The Kier molecular flexibility index (Phi) is 2.89. The van der Waals surface area contributed by atoms with Gasteiger partial charge in [0.05, 0.1) is 0 Å². The van der Waals surface area contributed by atoms with Crippen LogP contribution >= 0.6 is 0 Å². The van der Waals surface area contributed by atoms with Crippen molar-refractivity contribution >= 4 is 0 Å². The van der Waals surface area contributed by atoms with Gasteiger partial charge in [-0.3, -0.25) is 0 Å². The molecule has 0 amide bonds. The van der Waals surface area contributed by atoms with E-state index in [0.717, 1.165) is 12.8 Å². The third-order valence-electron chi connectivity index (χ3n) is 3.57. The van der Waals surface area contributed by atoms with Crippen molar-refractivity contribution in [1.82, 2.24) is 0 Å². The molecule has 1 aliphatic carbocycles. The summed E-state index contributed by atoms with van der Waals surface area (Å²) in [7, 11) is 0. The molecule has 0 saturated carbocycles. The summed E-state index contributed by atoms with van der Waals surface area (Å²) in [6, 6.07) is 0. The lowest BCUT2D eigenvalue weighted by molar-refractivity contribution is 0.0616. The SMILES string of the molecule is CC(C)C1(C)C=CC(C)(OC#N)CC1. The lowest BCUT2D eigenvalue weighted by Gasteiger charge is -2.38. The molecule has 0 spiro atoms. The first-order valence-electron chi connectivity index (χ1n) is 5.19. The smallest absolute Gasteiger partial charge is 0.287 e. The van der Waals surface area contributed by atoms with Gasteiger partial charge in [-0.15, -0.1) is 0 Å². The lowest BCUT2D eigenvalue weighted by atomic mass is 9.69. The van der Waals surface area contributed by atoms with Crippen molar-refractivity contribution in [1.29, 1.82) is 5.26 Å². The van der Waals surface area contributed by atoms with Crippen molar-refractivity contribution in [2.24, 2.45) is 11.3 Å². The first-order valence-corrected chi connectivity index (χ1v) is 5.19. The van der Waals surface area contributed by atoms with Gasteiger partial charge in [0.15, 0.2) is 0 Å². The number of allylic oxidation sites excluding steroid dienone is 1. The number of ether oxygens (including phenoxy) is 1. The van der Waals surface area contributed by atoms with Gasteiger partial charge >= 0.3 is 0 Å². The molecule has 2 heteroatoms. The minimum Gasteiger partial charge on any atom is -0.417 e. The van der Waals surface area contributed by atoms with E-state index in [4.69, 9.17) is 10.00 Å². The molecule has 0 bridgehead atoms. The minimum atomic E-state index is -0.372. The van der Waals surface area contributed by atoms with E-state index in [1.807, 2.05) is 13.0 Å². The molecular weight excluding hydrogens is 174 g/mol. The lowest BCUT2D eigenvalue weighted by Crippen LogP contribution is -2.34. The zero-order valence-corrected chi connectivity index (χ0v) is 9.50. The highest BCUT2D eigenvalue weighted by Gasteiger charge is 2.35. The van der Waals surface area contributed by atoms with Gasteiger partial charge in [-0.1, -0.05) is 26.8 Å². The zero-order chi connectivity index (χ0) is 10.8. The molecule has 0 aromatic heterocycles. The van der Waals surface area contributed by atoms with E-state index < -0.39 is 0 Å². The van der Waals surface area contributed by atoms with E-state index in [-0.39, 0.29) is 11.0 Å². The number of hydrogen-bond donors (Lipinski definition) is 0. The van der Waals surface area contributed by atoms with E-state index in [1.165, 1.54) is 0 Å². The summed E-state index contributed by atoms with van der Waals surface area (Å²) in [6.07, 6.45) is 8.04. The van der Waals surface area contributed by atoms with Crippen LogP contribution < -0.4 is 0 Å². The third kappa shape index (κ3) is 2.09. The molecule has 2 atom stereocenters. The van der Waals surface area contributed by atoms with Gasteiger partial charge in [0, 0.05) is 0 Å². The van der Waals surface area contributed by atoms with Gasteiger partial charge in [0.1, 0.15) is 5.60 Å². The Hall–Kier alpha value is -0.970. The molecule has 2 unspecified atom stereocenters. The van der Waals surface area contributed by atoms with Gasteiger partial charge in [-0.25, -0.2) is 0 Å². The summed E-state index contributed by atoms with van der Waals surface area (Å²) in [6.45, 7) is 8.70. The first-order chi connectivity index (χ1) is 6.42. The summed E-state index contributed by atoms with van der Waals surface area (Å²) in [5, 5.41) is 8.52. The van der Waals surface area contributed by atoms with Gasteiger partial charge in [-0.05, 0) is 37.2 Å². The van der Waals surface area contributed by atoms with E-state index in [2.05, 4.69) is 26.8 Å². The minimum absolute atomic E-state index is 0.262. The molecule has 78 valence electrons. The summed E-state index contributed by atoms with van der Waals surface area (Å²) >= 11 is 0. The van der Waals surface area contributed by atoms with Crippen molar-refractivity contribution in [2.75, 3.05) is 0 Å². The van der Waals surface area contributed by atoms with Crippen molar-refractivity contribution in [3.05, 3.63) is 12.2 Å². The third-order valence-corrected chi connectivity index (χ3v) is 3.57. The van der Waals surface area contributed by atoms with Crippen molar-refractivity contribution in [2.45, 2.75) is 46.1 Å². The molecule has 0 radical (unpaired) electrons. The van der Waals surface area contributed by atoms with Gasteiger partial charge in [-0.2, -0.15) is 5.26 Å². The molecule has 1 rings (SSSR count). The maximum absolute atomic E-state index is 8.52. The molecule has 0 fully saturated rings. The van der Waals surface area contributed by atoms with Gasteiger partial charge in [0.2, 0.25) is 0 Å². The predicted molar refractivity (Wildman–Crippen MR) is 56.4 cm³/mol. The van der Waals surface area contributed by atoms with Crippen molar-refractivity contribution in [3.8, 4) is 6.26 Å². The number of nitrogens with zero attached hydrogens (tertiary/aromatic N) is 1. The highest BCUT2D eigenvalue weighted by Crippen LogP contribution is 2.41. The first kappa shape index (κ1) is 11.1. The fraction of sp³-hybridized carbons (Fsp3) is 0.750. The van der Waals surface area contributed by atoms with Crippen LogP contribution in [0.5, 0.6) is 0 Å². The Morgan fingerprint density at radius 2 is 1.93 bits per heavy atom. The topological polar surface area (TPSA) is 33.0 Å². The van der Waals surface area contributed by atoms with Crippen LogP contribution in [0.4, 0.5) is 0 Å². The molecule has 0 aromatic carbocycles. The predicted octanol–water partition coefficient (Wildman–Crippen LogP) is 3.26. The van der Waals surface area contributed by atoms with Crippen molar-refractivity contribution < 1.29 is 4.74 Å². The Labute approximate surface area is 86.6 Å². The fourth-order valence-corrected chi connectivity index (χ4v) is 1.72. The Morgan fingerprint density at radius 3 is 2.29 bits per heavy atom. The largest absolute Gasteiger partial charge is 0.417 e. The average molecular weight is 193 g/mol. The second-order valence-electron chi connectivity index (χ2n) is 5.00. The van der Waals surface area contributed by atoms with Crippen LogP contribution in [0.15, 0.2) is 12.2 Å². The summed E-state index contributed by atoms with van der Waals surface area (Å²) < 4.78 is 5.06. The number of nitriles is 1. The molecular formula is C12H19NO. The normalized spacial score (nSPS) is 36.9. The molecule has 0 heterocycles. The van der Waals surface area contributed by atoms with Crippen LogP contribution in [0.1, 0.15) is 40.5 Å². The van der Waals surface area contributed by atoms with Crippen LogP contribution in [0.3, 0.4) is 0 Å². The van der Waals surface area contributed by atoms with Crippen LogP contribution in [0.2, 0.25) is 0 Å². The molecule has 14 heavy (non-hydrogen) atoms. The summed E-state index contributed by atoms with van der Waals surface area (Å²) in [5.74, 6) is 0.630. The Balaban J connectivity index is 2.78. The molecule has 1 aliphatic rings. The number of rotatable bonds is 2. The van der Waals surface area contributed by atoms with Crippen LogP contribution in [-0.4, -0.2) is 5.60 Å². The van der Waals surface area contributed by atoms with E-state index in [9.17, 15) is 0 Å². The van der Waals surface area contributed by atoms with Gasteiger partial charge in [0.25, 0.3) is 6.26 Å². The van der Waals surface area contributed by atoms with E-state index >= 15 is 0 Å². The second kappa shape index (κ2) is 3.65. The van der Waals surface area contributed by atoms with Crippen LogP contribution in [-0.2, 0) is 4.74 Å². The molecule has 0 aromatic rings. The highest BCUT2D eigenvalue weighted by molar-refractivity contribution is 5.12. The molecule has 2 nitrogen and oxygen atoms in total.